The zero-order valence-corrected chi connectivity index (χ0v) is 12.3. The second-order valence-corrected chi connectivity index (χ2v) is 5.51. The second-order valence-electron chi connectivity index (χ2n) is 3.71. The van der Waals surface area contributed by atoms with E-state index in [-0.39, 0.29) is 17.8 Å². The van der Waals surface area contributed by atoms with E-state index in [1.54, 1.807) is 6.07 Å². The molecule has 104 valence electrons. The molecular formula is C12H8BrFN2O3S. The van der Waals surface area contributed by atoms with Crippen molar-refractivity contribution in [3.8, 4) is 0 Å². The van der Waals surface area contributed by atoms with Crippen LogP contribution in [0.3, 0.4) is 0 Å². The monoisotopic (exact) mass is 358 g/mol. The number of thiazole rings is 1. The van der Waals surface area contributed by atoms with Crippen LogP contribution in [0.1, 0.15) is 25.9 Å². The molecule has 0 unspecified atom stereocenters. The van der Waals surface area contributed by atoms with Gasteiger partial charge in [-0.2, -0.15) is 0 Å². The molecule has 0 fully saturated rings. The number of nitrogens with zero attached hydrogens (tertiary/aromatic N) is 1. The van der Waals surface area contributed by atoms with E-state index in [2.05, 4.69) is 26.2 Å². The van der Waals surface area contributed by atoms with Crippen molar-refractivity contribution >= 4 is 39.1 Å². The smallest absolute Gasteiger partial charge is 0.355 e. The minimum Gasteiger partial charge on any atom is -0.476 e. The molecule has 20 heavy (non-hydrogen) atoms. The van der Waals surface area contributed by atoms with Gasteiger partial charge in [-0.1, -0.05) is 6.07 Å². The van der Waals surface area contributed by atoms with Crippen LogP contribution in [0.4, 0.5) is 4.39 Å². The van der Waals surface area contributed by atoms with Gasteiger partial charge >= 0.3 is 5.97 Å². The van der Waals surface area contributed by atoms with E-state index in [9.17, 15) is 14.0 Å². The summed E-state index contributed by atoms with van der Waals surface area (Å²) in [7, 11) is 0. The Morgan fingerprint density at radius 1 is 1.45 bits per heavy atom. The lowest BCUT2D eigenvalue weighted by Gasteiger charge is -2.06. The molecule has 2 aromatic rings. The van der Waals surface area contributed by atoms with Gasteiger partial charge in [-0.25, -0.2) is 14.2 Å². The fourth-order valence-electron chi connectivity index (χ4n) is 1.45. The first-order valence-corrected chi connectivity index (χ1v) is 7.06. The number of aromatic carboxylic acids is 1. The van der Waals surface area contributed by atoms with Gasteiger partial charge in [0.05, 0.1) is 12.1 Å². The zero-order chi connectivity index (χ0) is 14.7. The van der Waals surface area contributed by atoms with Gasteiger partial charge in [0, 0.05) is 9.85 Å². The van der Waals surface area contributed by atoms with Crippen molar-refractivity contribution < 1.29 is 19.1 Å². The SMILES string of the molecule is O=C(O)c1csc(CNC(=O)c2c(F)cccc2Br)n1. The number of aromatic nitrogens is 1. The van der Waals surface area contributed by atoms with Gasteiger partial charge in [-0.3, -0.25) is 4.79 Å². The van der Waals surface area contributed by atoms with Gasteiger partial charge in [-0.05, 0) is 28.1 Å². The van der Waals surface area contributed by atoms with Gasteiger partial charge in [0.2, 0.25) is 0 Å². The summed E-state index contributed by atoms with van der Waals surface area (Å²) in [5, 5.41) is 13.0. The topological polar surface area (TPSA) is 79.3 Å². The van der Waals surface area contributed by atoms with Crippen molar-refractivity contribution in [2.24, 2.45) is 0 Å². The minimum atomic E-state index is -1.13. The summed E-state index contributed by atoms with van der Waals surface area (Å²) in [5.74, 6) is -2.36. The van der Waals surface area contributed by atoms with E-state index in [1.165, 1.54) is 17.5 Å². The number of benzene rings is 1. The number of hydrogen-bond donors (Lipinski definition) is 2. The maximum absolute atomic E-state index is 13.6. The van der Waals surface area contributed by atoms with Crippen LogP contribution in [0, 0.1) is 5.82 Å². The Labute approximate surface area is 125 Å². The third kappa shape index (κ3) is 3.20. The number of carboxylic acid groups (broad SMARTS) is 1. The van der Waals surface area contributed by atoms with Gasteiger partial charge < -0.3 is 10.4 Å². The Kier molecular flexibility index (Phi) is 4.46. The minimum absolute atomic E-state index is 0.0392. The molecule has 1 aromatic heterocycles. The summed E-state index contributed by atoms with van der Waals surface area (Å²) in [6.07, 6.45) is 0. The number of rotatable bonds is 4. The summed E-state index contributed by atoms with van der Waals surface area (Å²) >= 11 is 4.22. The molecular weight excluding hydrogens is 351 g/mol. The highest BCUT2D eigenvalue weighted by atomic mass is 79.9. The summed E-state index contributed by atoms with van der Waals surface area (Å²) in [6, 6.07) is 4.23. The third-order valence-corrected chi connectivity index (χ3v) is 3.87. The normalized spacial score (nSPS) is 10.3. The van der Waals surface area contributed by atoms with E-state index in [0.717, 1.165) is 11.3 Å². The van der Waals surface area contributed by atoms with Crippen LogP contribution in [0.15, 0.2) is 28.1 Å². The fourth-order valence-corrected chi connectivity index (χ4v) is 2.68. The molecule has 1 aromatic carbocycles. The highest BCUT2D eigenvalue weighted by molar-refractivity contribution is 9.10. The van der Waals surface area contributed by atoms with E-state index in [0.29, 0.717) is 9.48 Å². The molecule has 0 aliphatic rings. The summed E-state index contributed by atoms with van der Waals surface area (Å²) in [6.45, 7) is 0.0392. The van der Waals surface area contributed by atoms with E-state index >= 15 is 0 Å². The predicted octanol–water partition coefficient (Wildman–Crippen LogP) is 2.67. The molecule has 0 saturated carbocycles. The Bertz CT molecular complexity index is 654. The Hall–Kier alpha value is -1.80. The first-order chi connectivity index (χ1) is 9.49. The van der Waals surface area contributed by atoms with Crippen molar-refractivity contribution in [1.82, 2.24) is 10.3 Å². The molecule has 2 rings (SSSR count). The van der Waals surface area contributed by atoms with Gasteiger partial charge in [0.15, 0.2) is 5.69 Å². The average Bonchev–Trinajstić information content (AvgIpc) is 2.85. The highest BCUT2D eigenvalue weighted by Gasteiger charge is 2.16. The van der Waals surface area contributed by atoms with Crippen molar-refractivity contribution in [3.63, 3.8) is 0 Å². The lowest BCUT2D eigenvalue weighted by molar-refractivity contribution is 0.0691. The Balaban J connectivity index is 2.07. The van der Waals surface area contributed by atoms with Crippen LogP contribution >= 0.6 is 27.3 Å². The van der Waals surface area contributed by atoms with E-state index in [1.807, 2.05) is 0 Å². The zero-order valence-electron chi connectivity index (χ0n) is 9.89. The van der Waals surface area contributed by atoms with Crippen molar-refractivity contribution in [2.45, 2.75) is 6.54 Å². The number of carbonyl (C=O) groups is 2. The van der Waals surface area contributed by atoms with Crippen LogP contribution in [-0.2, 0) is 6.54 Å². The molecule has 0 aliphatic heterocycles. The van der Waals surface area contributed by atoms with Crippen LogP contribution in [-0.4, -0.2) is 22.0 Å². The lowest BCUT2D eigenvalue weighted by atomic mass is 10.2. The number of carbonyl (C=O) groups excluding carboxylic acids is 1. The van der Waals surface area contributed by atoms with Crippen LogP contribution < -0.4 is 5.32 Å². The highest BCUT2D eigenvalue weighted by Crippen LogP contribution is 2.19. The molecule has 0 bridgehead atoms. The first kappa shape index (κ1) is 14.6. The van der Waals surface area contributed by atoms with Gasteiger partial charge in [-0.15, -0.1) is 11.3 Å². The lowest BCUT2D eigenvalue weighted by Crippen LogP contribution is -2.24. The van der Waals surface area contributed by atoms with Crippen LogP contribution in [0.2, 0.25) is 0 Å². The average molecular weight is 359 g/mol. The molecule has 1 amide bonds. The molecule has 0 radical (unpaired) electrons. The second kappa shape index (κ2) is 6.10. The number of carboxylic acids is 1. The maximum atomic E-state index is 13.6. The Morgan fingerprint density at radius 3 is 2.80 bits per heavy atom. The van der Waals surface area contributed by atoms with Gasteiger partial charge in [0.1, 0.15) is 10.8 Å². The van der Waals surface area contributed by atoms with Crippen molar-refractivity contribution in [2.75, 3.05) is 0 Å². The van der Waals surface area contributed by atoms with E-state index < -0.39 is 17.7 Å². The maximum Gasteiger partial charge on any atom is 0.355 e. The third-order valence-electron chi connectivity index (χ3n) is 2.36. The standard InChI is InChI=1S/C12H8BrFN2O3S/c13-6-2-1-3-7(14)10(6)11(17)15-4-9-16-8(5-20-9)12(18)19/h1-3,5H,4H2,(H,15,17)(H,18,19). The largest absolute Gasteiger partial charge is 0.476 e. The molecule has 1 heterocycles. The number of hydrogen-bond acceptors (Lipinski definition) is 4. The molecule has 2 N–H and O–H groups in total. The fraction of sp³-hybridized carbons (Fsp3) is 0.0833. The number of amides is 1. The molecule has 5 nitrogen and oxygen atoms in total. The van der Waals surface area contributed by atoms with E-state index in [4.69, 9.17) is 5.11 Å². The van der Waals surface area contributed by atoms with Crippen molar-refractivity contribution in [3.05, 3.63) is 50.1 Å². The summed E-state index contributed by atoms with van der Waals surface area (Å²) in [4.78, 5) is 26.4. The molecule has 8 heteroatoms. The number of halogens is 2. The first-order valence-electron chi connectivity index (χ1n) is 5.39. The van der Waals surface area contributed by atoms with Crippen molar-refractivity contribution in [1.29, 1.82) is 0 Å². The number of nitrogens with one attached hydrogen (secondary N) is 1. The molecule has 0 spiro atoms. The molecule has 0 atom stereocenters. The molecule has 0 aliphatic carbocycles. The molecule has 0 saturated heterocycles. The van der Waals surface area contributed by atoms with Gasteiger partial charge in [0.25, 0.3) is 5.91 Å². The quantitative estimate of drug-likeness (QED) is 0.880. The summed E-state index contributed by atoms with van der Waals surface area (Å²) < 4.78 is 13.9. The van der Waals surface area contributed by atoms with Crippen LogP contribution in [0.5, 0.6) is 0 Å². The predicted molar refractivity (Wildman–Crippen MR) is 74.3 cm³/mol. The Morgan fingerprint density at radius 2 is 2.20 bits per heavy atom. The van der Waals surface area contributed by atoms with Crippen LogP contribution in [0.25, 0.3) is 0 Å². The summed E-state index contributed by atoms with van der Waals surface area (Å²) in [5.41, 5.74) is -0.172.